The lowest BCUT2D eigenvalue weighted by Gasteiger charge is -2.10. The van der Waals surface area contributed by atoms with Gasteiger partial charge in [0.2, 0.25) is 0 Å². The Morgan fingerprint density at radius 1 is 0.897 bits per heavy atom. The highest BCUT2D eigenvalue weighted by Gasteiger charge is 2.16. The van der Waals surface area contributed by atoms with Gasteiger partial charge in [-0.25, -0.2) is 4.79 Å². The highest BCUT2D eigenvalue weighted by atomic mass is 16.5. The van der Waals surface area contributed by atoms with Gasteiger partial charge in [-0.2, -0.15) is 0 Å². The van der Waals surface area contributed by atoms with Crippen LogP contribution in [0.4, 0.5) is 11.4 Å². The maximum Gasteiger partial charge on any atom is 0.339 e. The Labute approximate surface area is 167 Å². The lowest BCUT2D eigenvalue weighted by atomic mass is 10.1. The normalized spacial score (nSPS) is 10.1. The zero-order chi connectivity index (χ0) is 20.8. The zero-order valence-electron chi connectivity index (χ0n) is 15.9. The number of pyridine rings is 1. The summed E-state index contributed by atoms with van der Waals surface area (Å²) < 4.78 is 4.73. The molecule has 7 nitrogen and oxygen atoms in total. The van der Waals surface area contributed by atoms with Gasteiger partial charge in [0, 0.05) is 17.4 Å². The number of aromatic nitrogens is 1. The van der Waals surface area contributed by atoms with Crippen molar-refractivity contribution < 1.29 is 19.1 Å². The van der Waals surface area contributed by atoms with Gasteiger partial charge in [-0.15, -0.1) is 0 Å². The Morgan fingerprint density at radius 3 is 2.34 bits per heavy atom. The summed E-state index contributed by atoms with van der Waals surface area (Å²) >= 11 is 0. The van der Waals surface area contributed by atoms with Gasteiger partial charge < -0.3 is 15.4 Å². The molecule has 0 atom stereocenters. The largest absolute Gasteiger partial charge is 0.465 e. The lowest BCUT2D eigenvalue weighted by Crippen LogP contribution is -2.18. The smallest absolute Gasteiger partial charge is 0.339 e. The number of aryl methyl sites for hydroxylation is 1. The summed E-state index contributed by atoms with van der Waals surface area (Å²) in [5.74, 6) is -1.47. The third-order valence-electron chi connectivity index (χ3n) is 4.14. The monoisotopic (exact) mass is 389 g/mol. The molecule has 29 heavy (non-hydrogen) atoms. The number of rotatable bonds is 5. The Kier molecular flexibility index (Phi) is 5.99. The average molecular weight is 389 g/mol. The Bertz CT molecular complexity index is 1060. The summed E-state index contributed by atoms with van der Waals surface area (Å²) in [6.07, 6.45) is 1.38. The zero-order valence-corrected chi connectivity index (χ0v) is 15.9. The maximum absolute atomic E-state index is 12.6. The molecule has 3 rings (SSSR count). The number of nitrogens with zero attached hydrogens (tertiary/aromatic N) is 1. The van der Waals surface area contributed by atoms with E-state index < -0.39 is 17.8 Å². The molecule has 0 fully saturated rings. The van der Waals surface area contributed by atoms with E-state index in [1.54, 1.807) is 36.4 Å². The van der Waals surface area contributed by atoms with E-state index in [2.05, 4.69) is 15.6 Å². The van der Waals surface area contributed by atoms with Gasteiger partial charge in [0.25, 0.3) is 11.8 Å². The average Bonchev–Trinajstić information content (AvgIpc) is 2.75. The number of para-hydroxylation sites is 1. The van der Waals surface area contributed by atoms with Crippen LogP contribution in [0.15, 0.2) is 66.9 Å². The van der Waals surface area contributed by atoms with Crippen LogP contribution in [0.3, 0.4) is 0 Å². The van der Waals surface area contributed by atoms with Gasteiger partial charge in [-0.1, -0.05) is 29.8 Å². The summed E-state index contributed by atoms with van der Waals surface area (Å²) in [5, 5.41) is 5.40. The number of nitrogens with one attached hydrogen (secondary N) is 2. The molecule has 0 saturated heterocycles. The minimum atomic E-state index is -0.561. The van der Waals surface area contributed by atoms with Gasteiger partial charge in [-0.3, -0.25) is 14.6 Å². The van der Waals surface area contributed by atoms with Gasteiger partial charge in [-0.05, 0) is 43.3 Å². The van der Waals surface area contributed by atoms with E-state index >= 15 is 0 Å². The molecule has 2 aromatic carbocycles. The number of methoxy groups -OCH3 is 1. The molecule has 0 radical (unpaired) electrons. The van der Waals surface area contributed by atoms with Gasteiger partial charge in [0.05, 0.1) is 18.4 Å². The molecular weight excluding hydrogens is 370 g/mol. The summed E-state index contributed by atoms with van der Waals surface area (Å²) in [6.45, 7) is 1.95. The van der Waals surface area contributed by atoms with Crippen LogP contribution in [-0.4, -0.2) is 29.9 Å². The van der Waals surface area contributed by atoms with Crippen LogP contribution in [0.2, 0.25) is 0 Å². The number of hydrogen-bond acceptors (Lipinski definition) is 5. The minimum Gasteiger partial charge on any atom is -0.465 e. The molecule has 0 aliphatic carbocycles. The molecule has 0 bridgehead atoms. The molecule has 0 aliphatic rings. The standard InChI is InChI=1S/C22H19N3O4/c1-14-7-9-16(10-8-14)24-21(27)19-13-15(11-12-23-19)20(26)25-18-6-4-3-5-17(18)22(28)29-2/h3-13H,1-2H3,(H,24,27)(H,25,26). The number of esters is 1. The van der Waals surface area contributed by atoms with Crippen molar-refractivity contribution in [1.29, 1.82) is 0 Å². The second-order valence-electron chi connectivity index (χ2n) is 6.24. The third-order valence-corrected chi connectivity index (χ3v) is 4.14. The molecule has 3 aromatic rings. The van der Waals surface area contributed by atoms with Crippen LogP contribution in [0.5, 0.6) is 0 Å². The molecule has 1 heterocycles. The number of carbonyl (C=O) groups excluding carboxylic acids is 3. The molecule has 2 amide bonds. The summed E-state index contributed by atoms with van der Waals surface area (Å²) in [4.78, 5) is 41.0. The van der Waals surface area contributed by atoms with Crippen LogP contribution in [0.1, 0.15) is 36.8 Å². The van der Waals surface area contributed by atoms with E-state index in [9.17, 15) is 14.4 Å². The van der Waals surface area contributed by atoms with Crippen molar-refractivity contribution in [3.63, 3.8) is 0 Å². The first kappa shape index (κ1) is 19.8. The van der Waals surface area contributed by atoms with Gasteiger partial charge in [0.15, 0.2) is 0 Å². The molecule has 0 saturated carbocycles. The van der Waals surface area contributed by atoms with Crippen molar-refractivity contribution in [3.05, 3.63) is 89.2 Å². The molecule has 0 aliphatic heterocycles. The third kappa shape index (κ3) is 4.84. The van der Waals surface area contributed by atoms with Crippen molar-refractivity contribution >= 4 is 29.2 Å². The van der Waals surface area contributed by atoms with Crippen molar-refractivity contribution in [2.45, 2.75) is 6.92 Å². The Hall–Kier alpha value is -4.00. The number of ether oxygens (including phenoxy) is 1. The summed E-state index contributed by atoms with van der Waals surface area (Å²) in [6, 6.07) is 16.7. The van der Waals surface area contributed by atoms with Gasteiger partial charge in [0.1, 0.15) is 5.69 Å². The number of anilines is 2. The van der Waals surface area contributed by atoms with E-state index in [0.29, 0.717) is 11.4 Å². The molecule has 7 heteroatoms. The number of amides is 2. The number of hydrogen-bond donors (Lipinski definition) is 2. The van der Waals surface area contributed by atoms with Crippen LogP contribution in [-0.2, 0) is 4.74 Å². The van der Waals surface area contributed by atoms with Crippen molar-refractivity contribution in [1.82, 2.24) is 4.98 Å². The first-order valence-corrected chi connectivity index (χ1v) is 8.80. The van der Waals surface area contributed by atoms with E-state index in [0.717, 1.165) is 5.56 Å². The van der Waals surface area contributed by atoms with E-state index in [4.69, 9.17) is 4.74 Å². The molecule has 2 N–H and O–H groups in total. The van der Waals surface area contributed by atoms with E-state index in [1.165, 1.54) is 25.4 Å². The number of benzene rings is 2. The van der Waals surface area contributed by atoms with Crippen molar-refractivity contribution in [3.8, 4) is 0 Å². The van der Waals surface area contributed by atoms with Crippen LogP contribution >= 0.6 is 0 Å². The fourth-order valence-corrected chi connectivity index (χ4v) is 2.60. The Morgan fingerprint density at radius 2 is 1.62 bits per heavy atom. The number of carbonyl (C=O) groups is 3. The first-order chi connectivity index (χ1) is 14.0. The van der Waals surface area contributed by atoms with E-state index in [1.807, 2.05) is 19.1 Å². The van der Waals surface area contributed by atoms with Crippen LogP contribution in [0.25, 0.3) is 0 Å². The fourth-order valence-electron chi connectivity index (χ4n) is 2.60. The predicted octanol–water partition coefficient (Wildman–Crippen LogP) is 3.68. The first-order valence-electron chi connectivity index (χ1n) is 8.80. The lowest BCUT2D eigenvalue weighted by molar-refractivity contribution is 0.0601. The molecule has 0 unspecified atom stereocenters. The molecule has 0 spiro atoms. The fraction of sp³-hybridized carbons (Fsp3) is 0.0909. The SMILES string of the molecule is COC(=O)c1ccccc1NC(=O)c1ccnc(C(=O)Nc2ccc(C)cc2)c1. The van der Waals surface area contributed by atoms with Gasteiger partial charge >= 0.3 is 5.97 Å². The minimum absolute atomic E-state index is 0.0967. The molecular formula is C22H19N3O4. The van der Waals surface area contributed by atoms with Crippen molar-refractivity contribution in [2.75, 3.05) is 17.7 Å². The quantitative estimate of drug-likeness (QED) is 0.649. The second kappa shape index (κ2) is 8.79. The topological polar surface area (TPSA) is 97.4 Å². The second-order valence-corrected chi connectivity index (χ2v) is 6.24. The van der Waals surface area contributed by atoms with Crippen molar-refractivity contribution in [2.24, 2.45) is 0 Å². The van der Waals surface area contributed by atoms with Crippen LogP contribution < -0.4 is 10.6 Å². The van der Waals surface area contributed by atoms with E-state index in [-0.39, 0.29) is 16.8 Å². The molecule has 1 aromatic heterocycles. The summed E-state index contributed by atoms with van der Waals surface area (Å²) in [7, 11) is 1.27. The highest BCUT2D eigenvalue weighted by molar-refractivity contribution is 6.09. The van der Waals surface area contributed by atoms with Crippen LogP contribution in [0, 0.1) is 6.92 Å². The predicted molar refractivity (Wildman–Crippen MR) is 109 cm³/mol. The maximum atomic E-state index is 12.6. The highest BCUT2D eigenvalue weighted by Crippen LogP contribution is 2.18. The Balaban J connectivity index is 1.77. The summed E-state index contributed by atoms with van der Waals surface area (Å²) in [5.41, 5.74) is 2.58. The molecule has 146 valence electrons.